The molecule has 1 aliphatic rings. The van der Waals surface area contributed by atoms with Gasteiger partial charge in [0.2, 0.25) is 0 Å². The molecule has 1 fully saturated rings. The maximum absolute atomic E-state index is 12.6. The van der Waals surface area contributed by atoms with Gasteiger partial charge in [0.15, 0.2) is 0 Å². The molecule has 0 saturated carbocycles. The molecule has 0 radical (unpaired) electrons. The Balaban J connectivity index is 2.05. The quantitative estimate of drug-likeness (QED) is 0.791. The highest BCUT2D eigenvalue weighted by Crippen LogP contribution is 2.34. The molecule has 0 aromatic carbocycles. The van der Waals surface area contributed by atoms with Crippen molar-refractivity contribution in [2.75, 3.05) is 13.1 Å². The smallest absolute Gasteiger partial charge is 0.342 e. The highest BCUT2D eigenvalue weighted by Gasteiger charge is 2.41. The van der Waals surface area contributed by atoms with Crippen LogP contribution in [0.4, 0.5) is 13.2 Å². The van der Waals surface area contributed by atoms with Crippen LogP contribution in [0.2, 0.25) is 0 Å². The van der Waals surface area contributed by atoms with Crippen molar-refractivity contribution in [2.45, 2.75) is 38.9 Å². The van der Waals surface area contributed by atoms with Crippen LogP contribution in [0.5, 0.6) is 0 Å². The minimum atomic E-state index is -4.15. The SMILES string of the molecule is CCCn1cc(Br)cc1C(=O)N1CCC(C(F)(F)F)CC1. The third-order valence-corrected chi connectivity index (χ3v) is 4.23. The Bertz CT molecular complexity index is 505. The number of alkyl halides is 3. The molecular weight excluding hydrogens is 349 g/mol. The fourth-order valence-corrected chi connectivity index (χ4v) is 3.12. The fourth-order valence-electron chi connectivity index (χ4n) is 2.65. The number of nitrogens with zero attached hydrogens (tertiary/aromatic N) is 2. The van der Waals surface area contributed by atoms with E-state index in [0.29, 0.717) is 12.2 Å². The lowest BCUT2D eigenvalue weighted by Crippen LogP contribution is -2.42. The zero-order chi connectivity index (χ0) is 15.6. The van der Waals surface area contributed by atoms with Gasteiger partial charge in [0.1, 0.15) is 5.69 Å². The van der Waals surface area contributed by atoms with Crippen molar-refractivity contribution in [3.63, 3.8) is 0 Å². The Morgan fingerprint density at radius 1 is 1.38 bits per heavy atom. The van der Waals surface area contributed by atoms with Crippen molar-refractivity contribution >= 4 is 21.8 Å². The van der Waals surface area contributed by atoms with E-state index >= 15 is 0 Å². The van der Waals surface area contributed by atoms with Crippen LogP contribution in [0.25, 0.3) is 0 Å². The van der Waals surface area contributed by atoms with Crippen LogP contribution in [-0.4, -0.2) is 34.6 Å². The van der Waals surface area contributed by atoms with Crippen molar-refractivity contribution in [2.24, 2.45) is 5.92 Å². The van der Waals surface area contributed by atoms with Gasteiger partial charge in [0, 0.05) is 30.3 Å². The van der Waals surface area contributed by atoms with E-state index in [1.54, 1.807) is 6.07 Å². The number of hydrogen-bond acceptors (Lipinski definition) is 1. The highest BCUT2D eigenvalue weighted by atomic mass is 79.9. The van der Waals surface area contributed by atoms with Gasteiger partial charge in [-0.05, 0) is 41.3 Å². The van der Waals surface area contributed by atoms with E-state index in [2.05, 4.69) is 15.9 Å². The Kier molecular flexibility index (Phi) is 5.01. The molecular formula is C14H18BrF3N2O. The molecule has 2 heterocycles. The van der Waals surface area contributed by atoms with E-state index in [-0.39, 0.29) is 31.8 Å². The second kappa shape index (κ2) is 6.42. The molecule has 1 amide bonds. The van der Waals surface area contributed by atoms with Gasteiger partial charge in [-0.1, -0.05) is 6.92 Å². The van der Waals surface area contributed by atoms with E-state index in [1.165, 1.54) is 4.90 Å². The van der Waals surface area contributed by atoms with Crippen molar-refractivity contribution in [3.05, 3.63) is 22.4 Å². The van der Waals surface area contributed by atoms with Gasteiger partial charge < -0.3 is 9.47 Å². The first-order chi connectivity index (χ1) is 9.82. The maximum Gasteiger partial charge on any atom is 0.391 e. The molecule has 0 atom stereocenters. The molecule has 0 spiro atoms. The number of amides is 1. The van der Waals surface area contributed by atoms with Gasteiger partial charge in [-0.15, -0.1) is 0 Å². The van der Waals surface area contributed by atoms with E-state index in [9.17, 15) is 18.0 Å². The van der Waals surface area contributed by atoms with E-state index in [4.69, 9.17) is 0 Å². The molecule has 118 valence electrons. The Hall–Kier alpha value is -0.980. The van der Waals surface area contributed by atoms with Crippen LogP contribution in [0.15, 0.2) is 16.7 Å². The molecule has 1 aromatic heterocycles. The minimum Gasteiger partial charge on any atom is -0.342 e. The summed E-state index contributed by atoms with van der Waals surface area (Å²) < 4.78 is 40.6. The lowest BCUT2D eigenvalue weighted by atomic mass is 9.96. The first kappa shape index (κ1) is 16.4. The summed E-state index contributed by atoms with van der Waals surface area (Å²) in [5, 5.41) is 0. The summed E-state index contributed by atoms with van der Waals surface area (Å²) in [5.41, 5.74) is 0.536. The van der Waals surface area contributed by atoms with Crippen LogP contribution in [0, 0.1) is 5.92 Å². The van der Waals surface area contributed by atoms with Crippen LogP contribution < -0.4 is 0 Å². The minimum absolute atomic E-state index is 0.00903. The molecule has 0 aliphatic carbocycles. The average molecular weight is 367 g/mol. The van der Waals surface area contributed by atoms with Gasteiger partial charge in [-0.2, -0.15) is 13.2 Å². The standard InChI is InChI=1S/C14H18BrF3N2O/c1-2-5-20-9-11(15)8-12(20)13(21)19-6-3-10(4-7-19)14(16,17)18/h8-10H,2-7H2,1H3. The fraction of sp³-hybridized carbons (Fsp3) is 0.643. The Morgan fingerprint density at radius 2 is 2.00 bits per heavy atom. The average Bonchev–Trinajstić information content (AvgIpc) is 2.78. The predicted octanol–water partition coefficient (Wildman–Crippen LogP) is 4.08. The third-order valence-electron chi connectivity index (χ3n) is 3.79. The zero-order valence-electron chi connectivity index (χ0n) is 11.8. The molecule has 1 aromatic rings. The van der Waals surface area contributed by atoms with Crippen molar-refractivity contribution in [1.29, 1.82) is 0 Å². The number of carbonyl (C=O) groups excluding carboxylic acids is 1. The van der Waals surface area contributed by atoms with E-state index in [1.807, 2.05) is 17.7 Å². The lowest BCUT2D eigenvalue weighted by Gasteiger charge is -2.33. The van der Waals surface area contributed by atoms with Crippen LogP contribution in [-0.2, 0) is 6.54 Å². The molecule has 21 heavy (non-hydrogen) atoms. The normalized spacial score (nSPS) is 17.3. The predicted molar refractivity (Wildman–Crippen MR) is 77.1 cm³/mol. The second-order valence-corrected chi connectivity index (χ2v) is 6.26. The second-order valence-electron chi connectivity index (χ2n) is 5.35. The van der Waals surface area contributed by atoms with Gasteiger partial charge >= 0.3 is 6.18 Å². The molecule has 3 nitrogen and oxygen atoms in total. The van der Waals surface area contributed by atoms with Gasteiger partial charge in [-0.3, -0.25) is 4.79 Å². The first-order valence-electron chi connectivity index (χ1n) is 7.04. The summed E-state index contributed by atoms with van der Waals surface area (Å²) in [6.07, 6.45) is -1.45. The first-order valence-corrected chi connectivity index (χ1v) is 7.84. The number of carbonyl (C=O) groups is 1. The molecule has 0 unspecified atom stereocenters. The number of hydrogen-bond donors (Lipinski definition) is 0. The summed E-state index contributed by atoms with van der Waals surface area (Å²) in [6.45, 7) is 3.05. The maximum atomic E-state index is 12.6. The lowest BCUT2D eigenvalue weighted by molar-refractivity contribution is -0.183. The van der Waals surface area contributed by atoms with Crippen LogP contribution >= 0.6 is 15.9 Å². The monoisotopic (exact) mass is 366 g/mol. The van der Waals surface area contributed by atoms with Gasteiger partial charge in [-0.25, -0.2) is 0 Å². The number of likely N-dealkylation sites (tertiary alicyclic amines) is 1. The summed E-state index contributed by atoms with van der Waals surface area (Å²) in [6, 6.07) is 1.73. The molecule has 7 heteroatoms. The number of piperidine rings is 1. The van der Waals surface area contributed by atoms with Gasteiger partial charge in [0.05, 0.1) is 5.92 Å². The highest BCUT2D eigenvalue weighted by molar-refractivity contribution is 9.10. The van der Waals surface area contributed by atoms with E-state index < -0.39 is 12.1 Å². The number of aromatic nitrogens is 1. The summed E-state index contributed by atoms with van der Waals surface area (Å²) in [4.78, 5) is 14.0. The molecule has 2 rings (SSSR count). The third kappa shape index (κ3) is 3.81. The topological polar surface area (TPSA) is 25.2 Å². The summed E-state index contributed by atoms with van der Waals surface area (Å²) >= 11 is 3.34. The number of aryl methyl sites for hydroxylation is 1. The molecule has 0 N–H and O–H groups in total. The van der Waals surface area contributed by atoms with E-state index in [0.717, 1.165) is 10.9 Å². The van der Waals surface area contributed by atoms with Gasteiger partial charge in [0.25, 0.3) is 5.91 Å². The van der Waals surface area contributed by atoms with Crippen LogP contribution in [0.1, 0.15) is 36.7 Å². The largest absolute Gasteiger partial charge is 0.391 e. The van der Waals surface area contributed by atoms with Crippen LogP contribution in [0.3, 0.4) is 0 Å². The van der Waals surface area contributed by atoms with Crippen molar-refractivity contribution in [1.82, 2.24) is 9.47 Å². The van der Waals surface area contributed by atoms with Crippen molar-refractivity contribution in [3.8, 4) is 0 Å². The summed E-state index contributed by atoms with van der Waals surface area (Å²) in [5.74, 6) is -1.47. The number of rotatable bonds is 3. The number of halogens is 4. The molecule has 1 saturated heterocycles. The Labute approximate surface area is 130 Å². The Morgan fingerprint density at radius 3 is 2.52 bits per heavy atom. The molecule has 0 bridgehead atoms. The zero-order valence-corrected chi connectivity index (χ0v) is 13.4. The summed E-state index contributed by atoms with van der Waals surface area (Å²) in [7, 11) is 0. The molecule has 1 aliphatic heterocycles. The van der Waals surface area contributed by atoms with Crippen molar-refractivity contribution < 1.29 is 18.0 Å².